The minimum Gasteiger partial charge on any atom is -1.00 e. The average Bonchev–Trinajstić information content (AvgIpc) is 1.19. The van der Waals surface area contributed by atoms with Gasteiger partial charge in [-0.15, -0.1) is 0 Å². The first kappa shape index (κ1) is 22.7. The first-order valence-corrected chi connectivity index (χ1v) is 3.69. The van der Waals surface area contributed by atoms with Gasteiger partial charge in [-0.2, -0.15) is 12.6 Å². The number of hydrogen-bond donors (Lipinski definition) is 5. The fraction of sp³-hybridized carbons (Fsp3) is 0. The van der Waals surface area contributed by atoms with Gasteiger partial charge in [0.2, 0.25) is 0 Å². The van der Waals surface area contributed by atoms with E-state index in [1.165, 1.54) is 0 Å². The zero-order valence-electron chi connectivity index (χ0n) is 6.54. The summed E-state index contributed by atoms with van der Waals surface area (Å²) in [6, 6.07) is 0. The van der Waals surface area contributed by atoms with Gasteiger partial charge in [0.1, 0.15) is 0 Å². The smallest absolute Gasteiger partial charge is 1.00 e. The largest absolute Gasteiger partial charge is 1.00 e. The monoisotopic (exact) mass is 221 g/mol. The van der Waals surface area contributed by atoms with Crippen molar-refractivity contribution in [1.82, 2.24) is 6.15 Å². The minimum atomic E-state index is -4.67. The molecule has 11 heavy (non-hydrogen) atoms. The van der Waals surface area contributed by atoms with Crippen LogP contribution < -0.4 is 35.7 Å². The topological polar surface area (TPSA) is 167 Å². The van der Waals surface area contributed by atoms with Gasteiger partial charge in [-0.3, -0.25) is 18.2 Å². The van der Waals surface area contributed by atoms with E-state index >= 15 is 0 Å². The van der Waals surface area contributed by atoms with Crippen molar-refractivity contribution in [3.05, 3.63) is 0 Å². The summed E-state index contributed by atoms with van der Waals surface area (Å²) in [6.07, 6.45) is 0. The second-order valence-electron chi connectivity index (χ2n) is 0.679. The molecule has 0 aliphatic carbocycles. The van der Waals surface area contributed by atoms with Gasteiger partial charge >= 0.3 is 40.0 Å². The fourth-order valence-electron chi connectivity index (χ4n) is 0. The van der Waals surface area contributed by atoms with E-state index in [0.717, 1.165) is 0 Å². The van der Waals surface area contributed by atoms with Crippen LogP contribution in [0, 0.1) is 0 Å². The summed E-state index contributed by atoms with van der Waals surface area (Å²) in [6.45, 7) is 0. The van der Waals surface area contributed by atoms with Crippen molar-refractivity contribution < 1.29 is 61.8 Å². The number of hydrogen-bond acceptors (Lipinski definition) is 4. The van der Waals surface area contributed by atoms with E-state index in [1.54, 1.807) is 0 Å². The van der Waals surface area contributed by atoms with Crippen LogP contribution in [0.2, 0.25) is 0 Å². The molecule has 0 spiro atoms. The van der Waals surface area contributed by atoms with Gasteiger partial charge in [-0.1, -0.05) is 0 Å². The molecule has 0 saturated heterocycles. The molecule has 0 bridgehead atoms. The van der Waals surface area contributed by atoms with Crippen LogP contribution in [-0.2, 0) is 21.8 Å². The molecular weight excluding hydrogens is 213 g/mol. The molecule has 0 unspecified atom stereocenters. The van der Waals surface area contributed by atoms with Gasteiger partial charge in [0, 0.05) is 0 Å². The molecular formula is H8NNaO7S2. The van der Waals surface area contributed by atoms with Crippen LogP contribution in [-0.4, -0.2) is 30.8 Å². The van der Waals surface area contributed by atoms with E-state index < -0.39 is 21.8 Å². The quantitative estimate of drug-likeness (QED) is 0.158. The molecule has 7 N–H and O–H groups in total. The normalized spacial score (nSPS) is 8.45. The van der Waals surface area contributed by atoms with Crippen LogP contribution in [0.5, 0.6) is 0 Å². The summed E-state index contributed by atoms with van der Waals surface area (Å²) < 4.78 is 54.4. The van der Waals surface area contributed by atoms with Crippen LogP contribution in [0.3, 0.4) is 0 Å². The molecule has 0 aliphatic rings. The summed E-state index contributed by atoms with van der Waals surface area (Å²) in [5.74, 6) is 0. The standard InChI is InChI=1S/H3N.Na.H2O4S.H2O3S.H/c;;1-5(2,3)4;1-4(2)3;/h1H3;;(H2,1,2,3,4);(H2,1,2,3);/q;+1;;;-1. The van der Waals surface area contributed by atoms with Gasteiger partial charge in [0.25, 0.3) is 11.4 Å². The molecule has 0 aromatic carbocycles. The van der Waals surface area contributed by atoms with E-state index in [2.05, 4.69) is 0 Å². The van der Waals surface area contributed by atoms with E-state index in [0.29, 0.717) is 0 Å². The van der Waals surface area contributed by atoms with Crippen molar-refractivity contribution in [3.63, 3.8) is 0 Å². The molecule has 0 saturated carbocycles. The van der Waals surface area contributed by atoms with E-state index in [-0.39, 0.29) is 37.1 Å². The summed E-state index contributed by atoms with van der Waals surface area (Å²) in [5.41, 5.74) is 0. The predicted molar refractivity (Wildman–Crippen MR) is 33.7 cm³/mol. The Hall–Kier alpha value is 0.900. The zero-order chi connectivity index (χ0) is 8.08. The van der Waals surface area contributed by atoms with Gasteiger partial charge in [0.05, 0.1) is 0 Å². The molecule has 0 aliphatic heterocycles. The van der Waals surface area contributed by atoms with Crippen molar-refractivity contribution >= 4 is 21.8 Å². The van der Waals surface area contributed by atoms with Crippen LogP contribution in [0.1, 0.15) is 1.43 Å². The van der Waals surface area contributed by atoms with Crippen LogP contribution in [0.15, 0.2) is 0 Å². The third kappa shape index (κ3) is 1070. The summed E-state index contributed by atoms with van der Waals surface area (Å²) in [7, 11) is -4.67. The maximum atomic E-state index is 8.74. The van der Waals surface area contributed by atoms with Crippen molar-refractivity contribution in [2.75, 3.05) is 0 Å². The third-order valence-corrected chi connectivity index (χ3v) is 0. The van der Waals surface area contributed by atoms with Crippen molar-refractivity contribution in [2.45, 2.75) is 0 Å². The second-order valence-corrected chi connectivity index (χ2v) is 2.04. The Labute approximate surface area is 89.4 Å². The molecule has 0 rings (SSSR count). The third-order valence-electron chi connectivity index (χ3n) is 0. The minimum absolute atomic E-state index is 0. The molecule has 11 heteroatoms. The Morgan fingerprint density at radius 1 is 1.18 bits per heavy atom. The first-order chi connectivity index (χ1) is 3.73. The van der Waals surface area contributed by atoms with E-state index in [4.69, 9.17) is 30.8 Å². The van der Waals surface area contributed by atoms with Crippen LogP contribution in [0.4, 0.5) is 0 Å². The maximum absolute atomic E-state index is 8.74. The summed E-state index contributed by atoms with van der Waals surface area (Å²) in [4.78, 5) is 0. The molecule has 0 radical (unpaired) electrons. The Morgan fingerprint density at radius 3 is 1.18 bits per heavy atom. The van der Waals surface area contributed by atoms with Crippen LogP contribution in [0.25, 0.3) is 0 Å². The Morgan fingerprint density at radius 2 is 1.18 bits per heavy atom. The first-order valence-electron chi connectivity index (χ1n) is 1.23. The maximum Gasteiger partial charge on any atom is 1.00 e. The van der Waals surface area contributed by atoms with E-state index in [1.807, 2.05) is 0 Å². The molecule has 0 aromatic heterocycles. The molecule has 0 fully saturated rings. The Balaban J connectivity index is -0.0000000221. The SMILES string of the molecule is N.O=S(=O)(O)O.O=S(O)O.[H-].[Na+]. The van der Waals surface area contributed by atoms with Crippen molar-refractivity contribution in [3.8, 4) is 0 Å². The molecule has 8 nitrogen and oxygen atoms in total. The van der Waals surface area contributed by atoms with Crippen molar-refractivity contribution in [1.29, 1.82) is 0 Å². The summed E-state index contributed by atoms with van der Waals surface area (Å²) >= 11 is -2.61. The molecule has 0 atom stereocenters. The second kappa shape index (κ2) is 10.9. The van der Waals surface area contributed by atoms with Gasteiger partial charge in [-0.05, 0) is 0 Å². The summed E-state index contributed by atoms with van der Waals surface area (Å²) in [5, 5.41) is 0. The predicted octanol–water partition coefficient (Wildman–Crippen LogP) is -3.69. The number of rotatable bonds is 0. The van der Waals surface area contributed by atoms with Crippen LogP contribution >= 0.6 is 0 Å². The molecule has 68 valence electrons. The molecule has 0 amide bonds. The zero-order valence-corrected chi connectivity index (χ0v) is 9.17. The van der Waals surface area contributed by atoms with Crippen molar-refractivity contribution in [2.24, 2.45) is 0 Å². The van der Waals surface area contributed by atoms with Gasteiger partial charge in [-0.25, -0.2) is 0 Å². The van der Waals surface area contributed by atoms with Gasteiger partial charge < -0.3 is 7.58 Å². The fourth-order valence-corrected chi connectivity index (χ4v) is 0. The molecule has 0 heterocycles. The van der Waals surface area contributed by atoms with E-state index in [9.17, 15) is 0 Å². The van der Waals surface area contributed by atoms with Gasteiger partial charge in [0.15, 0.2) is 0 Å². The Bertz CT molecular complexity index is 164. The average molecular weight is 221 g/mol. The molecule has 0 aromatic rings. The Kier molecular flexibility index (Phi) is 22.4.